The van der Waals surface area contributed by atoms with Crippen molar-refractivity contribution in [3.63, 3.8) is 0 Å². The summed E-state index contributed by atoms with van der Waals surface area (Å²) in [4.78, 5) is 14.9. The molecule has 4 nitrogen and oxygen atoms in total. The summed E-state index contributed by atoms with van der Waals surface area (Å²) >= 11 is 0. The molecule has 0 N–H and O–H groups in total. The van der Waals surface area contributed by atoms with Gasteiger partial charge in [-0.15, -0.1) is 0 Å². The molecule has 0 bridgehead atoms. The van der Waals surface area contributed by atoms with E-state index < -0.39 is 0 Å². The van der Waals surface area contributed by atoms with Gasteiger partial charge in [-0.1, -0.05) is 146 Å². The SMILES string of the molecule is c1ccc(-c2nc(-c3ccccc3)nc(-c3ccc(-n4c5cccc6c5c5c7c(cccc7cc(-c7ccccc7)c54)-c4ccccc4-6)cc3)n2)cc1. The highest BCUT2D eigenvalue weighted by Gasteiger charge is 2.27. The highest BCUT2D eigenvalue weighted by atomic mass is 15.0. The zero-order chi connectivity index (χ0) is 34.9. The van der Waals surface area contributed by atoms with Crippen molar-refractivity contribution in [1.29, 1.82) is 0 Å². The van der Waals surface area contributed by atoms with Gasteiger partial charge in [-0.2, -0.15) is 0 Å². The molecule has 8 aromatic carbocycles. The molecule has 4 heteroatoms. The van der Waals surface area contributed by atoms with E-state index in [-0.39, 0.29) is 0 Å². The molecule has 0 atom stereocenters. The maximum absolute atomic E-state index is 5.00. The molecule has 0 spiro atoms. The van der Waals surface area contributed by atoms with Crippen molar-refractivity contribution in [2.75, 3.05) is 0 Å². The van der Waals surface area contributed by atoms with Crippen LogP contribution in [0, 0.1) is 0 Å². The maximum Gasteiger partial charge on any atom is 0.164 e. The summed E-state index contributed by atoms with van der Waals surface area (Å²) in [5.41, 5.74) is 13.8. The average Bonchev–Trinajstić information content (AvgIpc) is 3.53. The number of benzene rings is 8. The average molecular weight is 675 g/mol. The standard InChI is InChI=1S/C49H30N4/c1-4-14-31(15-5-1)41-30-35-20-12-23-39-37-21-10-11-22-38(37)40-24-13-25-42-44(40)45(43(35)39)46(41)53(42)36-28-26-34(27-29-36)49-51-47(32-16-6-2-7-17-32)50-48(52-49)33-18-8-3-9-19-33/h1-30H. The first-order chi connectivity index (χ1) is 26.3. The van der Waals surface area contributed by atoms with Gasteiger partial charge in [-0.25, -0.2) is 15.0 Å². The second-order valence-electron chi connectivity index (χ2n) is 13.6. The second kappa shape index (κ2) is 11.7. The zero-order valence-electron chi connectivity index (χ0n) is 28.6. The molecule has 1 aliphatic carbocycles. The number of rotatable bonds is 5. The third-order valence-electron chi connectivity index (χ3n) is 10.6. The molecule has 11 rings (SSSR count). The predicted molar refractivity (Wildman–Crippen MR) is 218 cm³/mol. The summed E-state index contributed by atoms with van der Waals surface area (Å²) in [6.45, 7) is 0. The Balaban J connectivity index is 1.18. The molecular weight excluding hydrogens is 645 g/mol. The van der Waals surface area contributed by atoms with Crippen LogP contribution in [0.15, 0.2) is 182 Å². The lowest BCUT2D eigenvalue weighted by Crippen LogP contribution is -2.01. The van der Waals surface area contributed by atoms with Crippen LogP contribution in [0.1, 0.15) is 0 Å². The lowest BCUT2D eigenvalue weighted by Gasteiger charge is -2.16. The minimum Gasteiger partial charge on any atom is -0.309 e. The Hall–Kier alpha value is -7.17. The summed E-state index contributed by atoms with van der Waals surface area (Å²) in [6.07, 6.45) is 0. The van der Waals surface area contributed by atoms with Crippen molar-refractivity contribution >= 4 is 32.6 Å². The van der Waals surface area contributed by atoms with Crippen LogP contribution in [0.4, 0.5) is 0 Å². The molecule has 53 heavy (non-hydrogen) atoms. The number of fused-ring (bicyclic) bond motifs is 3. The largest absolute Gasteiger partial charge is 0.309 e. The Morgan fingerprint density at radius 1 is 0.321 bits per heavy atom. The fraction of sp³-hybridized carbons (Fsp3) is 0. The van der Waals surface area contributed by atoms with Gasteiger partial charge in [0.1, 0.15) is 0 Å². The van der Waals surface area contributed by atoms with Gasteiger partial charge < -0.3 is 4.57 Å². The quantitative estimate of drug-likeness (QED) is 0.182. The van der Waals surface area contributed by atoms with Crippen molar-refractivity contribution in [3.05, 3.63) is 182 Å². The van der Waals surface area contributed by atoms with E-state index in [0.29, 0.717) is 17.5 Å². The van der Waals surface area contributed by atoms with Crippen molar-refractivity contribution in [1.82, 2.24) is 19.5 Å². The smallest absolute Gasteiger partial charge is 0.164 e. The fourth-order valence-corrected chi connectivity index (χ4v) is 8.24. The lowest BCUT2D eigenvalue weighted by atomic mass is 9.91. The van der Waals surface area contributed by atoms with Crippen molar-refractivity contribution < 1.29 is 0 Å². The first-order valence-corrected chi connectivity index (χ1v) is 18.0. The van der Waals surface area contributed by atoms with E-state index in [9.17, 15) is 0 Å². The number of aromatic nitrogens is 4. The Morgan fingerprint density at radius 3 is 1.38 bits per heavy atom. The topological polar surface area (TPSA) is 43.6 Å². The second-order valence-corrected chi connectivity index (χ2v) is 13.6. The molecule has 0 amide bonds. The summed E-state index contributed by atoms with van der Waals surface area (Å²) in [5.74, 6) is 1.94. The first-order valence-electron chi connectivity index (χ1n) is 18.0. The Kier molecular flexibility index (Phi) is 6.52. The van der Waals surface area contributed by atoms with Crippen LogP contribution >= 0.6 is 0 Å². The normalized spacial score (nSPS) is 11.8. The van der Waals surface area contributed by atoms with Crippen molar-refractivity contribution in [2.45, 2.75) is 0 Å². The Labute approximate surface area is 306 Å². The highest BCUT2D eigenvalue weighted by molar-refractivity contribution is 6.32. The number of nitrogens with zero attached hydrogens (tertiary/aromatic N) is 4. The third-order valence-corrected chi connectivity index (χ3v) is 10.6. The molecular formula is C49H30N4. The van der Waals surface area contributed by atoms with Crippen LogP contribution in [-0.2, 0) is 0 Å². The zero-order valence-corrected chi connectivity index (χ0v) is 28.6. The molecule has 2 heterocycles. The van der Waals surface area contributed by atoms with Crippen LogP contribution in [0.3, 0.4) is 0 Å². The predicted octanol–water partition coefficient (Wildman–Crippen LogP) is 12.4. The highest BCUT2D eigenvalue weighted by Crippen LogP contribution is 2.51. The molecule has 0 radical (unpaired) electrons. The van der Waals surface area contributed by atoms with E-state index in [4.69, 9.17) is 15.0 Å². The Bertz CT molecular complexity index is 2960. The summed E-state index contributed by atoms with van der Waals surface area (Å²) in [7, 11) is 0. The maximum atomic E-state index is 5.00. The van der Waals surface area contributed by atoms with Crippen LogP contribution in [-0.4, -0.2) is 19.5 Å². The van der Waals surface area contributed by atoms with Crippen LogP contribution in [0.2, 0.25) is 0 Å². The fourth-order valence-electron chi connectivity index (χ4n) is 8.24. The van der Waals surface area contributed by atoms with Gasteiger partial charge in [0.15, 0.2) is 17.5 Å². The van der Waals surface area contributed by atoms with E-state index in [1.165, 1.54) is 66.0 Å². The molecule has 1 aliphatic rings. The number of hydrogen-bond acceptors (Lipinski definition) is 3. The molecule has 0 saturated heterocycles. The van der Waals surface area contributed by atoms with Gasteiger partial charge in [-0.3, -0.25) is 0 Å². The molecule has 0 aliphatic heterocycles. The van der Waals surface area contributed by atoms with E-state index >= 15 is 0 Å². The van der Waals surface area contributed by atoms with Crippen molar-refractivity contribution in [3.8, 4) is 73.2 Å². The van der Waals surface area contributed by atoms with E-state index in [1.54, 1.807) is 0 Å². The van der Waals surface area contributed by atoms with Crippen LogP contribution in [0.5, 0.6) is 0 Å². The van der Waals surface area contributed by atoms with Crippen molar-refractivity contribution in [2.24, 2.45) is 0 Å². The Morgan fingerprint density at radius 2 is 0.792 bits per heavy atom. The van der Waals surface area contributed by atoms with Gasteiger partial charge >= 0.3 is 0 Å². The monoisotopic (exact) mass is 674 g/mol. The molecule has 2 aromatic heterocycles. The van der Waals surface area contributed by atoms with Gasteiger partial charge in [0.05, 0.1) is 11.0 Å². The summed E-state index contributed by atoms with van der Waals surface area (Å²) < 4.78 is 2.46. The van der Waals surface area contributed by atoms with E-state index in [1.807, 2.05) is 60.7 Å². The van der Waals surface area contributed by atoms with E-state index in [0.717, 1.165) is 22.4 Å². The third kappa shape index (κ3) is 4.59. The van der Waals surface area contributed by atoms with Crippen LogP contribution < -0.4 is 0 Å². The number of hydrogen-bond donors (Lipinski definition) is 0. The van der Waals surface area contributed by atoms with Gasteiger partial charge in [0, 0.05) is 38.7 Å². The molecule has 10 aromatic rings. The lowest BCUT2D eigenvalue weighted by molar-refractivity contribution is 1.07. The minimum atomic E-state index is 0.639. The van der Waals surface area contributed by atoms with Gasteiger partial charge in [0.25, 0.3) is 0 Å². The minimum absolute atomic E-state index is 0.639. The van der Waals surface area contributed by atoms with Gasteiger partial charge in [0.2, 0.25) is 0 Å². The first kappa shape index (κ1) is 29.5. The van der Waals surface area contributed by atoms with Crippen LogP contribution in [0.25, 0.3) is 106 Å². The molecule has 0 fully saturated rings. The summed E-state index contributed by atoms with van der Waals surface area (Å²) in [6, 6.07) is 64.5. The molecule has 0 saturated carbocycles. The summed E-state index contributed by atoms with van der Waals surface area (Å²) in [5, 5.41) is 5.12. The van der Waals surface area contributed by atoms with E-state index in [2.05, 4.69) is 126 Å². The molecule has 246 valence electrons. The van der Waals surface area contributed by atoms with Gasteiger partial charge in [-0.05, 0) is 75.0 Å². The molecule has 0 unspecified atom stereocenters.